The van der Waals surface area contributed by atoms with Crippen LogP contribution in [0.25, 0.3) is 0 Å². The fraction of sp³-hybridized carbons (Fsp3) is 0.269. The molecule has 2 aliphatic heterocycles. The Kier molecular flexibility index (Phi) is 5.21. The molecule has 11 nitrogen and oxygen atoms in total. The molecule has 2 heterocycles. The molecule has 11 heteroatoms. The Morgan fingerprint density at radius 2 is 1.81 bits per heavy atom. The number of nitrogens with one attached hydrogen (secondary N) is 1. The molecule has 1 fully saturated rings. The van der Waals surface area contributed by atoms with E-state index in [0.29, 0.717) is 22.7 Å². The molecule has 1 aliphatic carbocycles. The maximum absolute atomic E-state index is 13.1. The minimum Gasteiger partial charge on any atom is -0.504 e. The fourth-order valence-corrected chi connectivity index (χ4v) is 5.59. The van der Waals surface area contributed by atoms with Gasteiger partial charge in [-0.05, 0) is 47.0 Å². The van der Waals surface area contributed by atoms with Crippen molar-refractivity contribution >= 4 is 17.3 Å². The summed E-state index contributed by atoms with van der Waals surface area (Å²) in [5, 5.41) is 35.3. The number of methoxy groups -OCH3 is 1. The number of rotatable bonds is 5. The second-order valence-corrected chi connectivity index (χ2v) is 9.15. The van der Waals surface area contributed by atoms with E-state index >= 15 is 0 Å². The Hall–Kier alpha value is -4.67. The molecule has 1 saturated heterocycles. The van der Waals surface area contributed by atoms with E-state index < -0.39 is 34.5 Å². The van der Waals surface area contributed by atoms with E-state index in [9.17, 15) is 25.1 Å². The van der Waals surface area contributed by atoms with Gasteiger partial charge < -0.3 is 34.5 Å². The van der Waals surface area contributed by atoms with Crippen LogP contribution >= 0.6 is 0 Å². The number of nitro benzene ring substituents is 1. The molecule has 3 aliphatic rings. The number of cyclic esters (lactones) is 1. The number of nitro groups is 1. The van der Waals surface area contributed by atoms with Crippen LogP contribution in [0.1, 0.15) is 28.7 Å². The third-order valence-electron chi connectivity index (χ3n) is 7.22. The van der Waals surface area contributed by atoms with Crippen LogP contribution in [-0.4, -0.2) is 41.6 Å². The Balaban J connectivity index is 1.53. The lowest BCUT2D eigenvalue weighted by atomic mass is 9.65. The van der Waals surface area contributed by atoms with Gasteiger partial charge in [0.15, 0.2) is 23.0 Å². The van der Waals surface area contributed by atoms with E-state index in [4.69, 9.17) is 18.9 Å². The van der Waals surface area contributed by atoms with Crippen LogP contribution < -0.4 is 19.5 Å². The molecule has 0 radical (unpaired) electrons. The second-order valence-electron chi connectivity index (χ2n) is 9.15. The highest BCUT2D eigenvalue weighted by Crippen LogP contribution is 2.56. The molecule has 0 amide bonds. The molecule has 6 rings (SSSR count). The van der Waals surface area contributed by atoms with Crippen molar-refractivity contribution in [1.82, 2.24) is 0 Å². The van der Waals surface area contributed by atoms with Crippen molar-refractivity contribution in [3.05, 3.63) is 75.3 Å². The SMILES string of the molecule is COc1cc([C@@H]2c3cc4c(cc3C(Nc3cccc([N+](=O)[O-])c3)[C@H]3COC(=O)[C@H]23)OCO4)cc(O)c1O. The van der Waals surface area contributed by atoms with Crippen molar-refractivity contribution in [3.8, 4) is 28.7 Å². The van der Waals surface area contributed by atoms with Gasteiger partial charge in [-0.3, -0.25) is 14.9 Å². The number of aromatic hydroxyl groups is 2. The van der Waals surface area contributed by atoms with Crippen LogP contribution in [0.15, 0.2) is 48.5 Å². The Morgan fingerprint density at radius 3 is 2.54 bits per heavy atom. The maximum Gasteiger partial charge on any atom is 0.310 e. The standard InChI is InChI=1S/C26H22N2O9/c1-34-21-6-12(5-18(29)25(21)30)22-15-8-19-20(37-11-36-19)9-16(15)24(17-10-35-26(31)23(17)22)27-13-3-2-4-14(7-13)28(32)33/h2-9,17,22-24,27,29-30H,10-11H2,1H3/t17-,22+,23-,24?/m0/s1. The normalized spacial score (nSPS) is 23.1. The topological polar surface area (TPSA) is 150 Å². The lowest BCUT2D eigenvalue weighted by molar-refractivity contribution is -0.384. The van der Waals surface area contributed by atoms with Gasteiger partial charge in [-0.2, -0.15) is 0 Å². The summed E-state index contributed by atoms with van der Waals surface area (Å²) in [6, 6.07) is 12.4. The molecule has 3 aromatic carbocycles. The molecule has 190 valence electrons. The number of non-ortho nitro benzene ring substituents is 1. The highest BCUT2D eigenvalue weighted by Gasteiger charge is 2.52. The number of carbonyl (C=O) groups is 1. The quantitative estimate of drug-likeness (QED) is 0.202. The molecule has 37 heavy (non-hydrogen) atoms. The van der Waals surface area contributed by atoms with Crippen molar-refractivity contribution in [3.63, 3.8) is 0 Å². The summed E-state index contributed by atoms with van der Waals surface area (Å²) in [6.07, 6.45) is 0. The van der Waals surface area contributed by atoms with E-state index in [1.807, 2.05) is 12.1 Å². The number of hydrogen-bond donors (Lipinski definition) is 3. The third-order valence-corrected chi connectivity index (χ3v) is 7.22. The minimum absolute atomic E-state index is 0.0502. The lowest BCUT2D eigenvalue weighted by Gasteiger charge is -2.40. The maximum atomic E-state index is 13.1. The monoisotopic (exact) mass is 506 g/mol. The Labute approximate surface area is 210 Å². The number of fused-ring (bicyclic) bond motifs is 3. The largest absolute Gasteiger partial charge is 0.504 e. The first kappa shape index (κ1) is 22.8. The number of carbonyl (C=O) groups excluding carboxylic acids is 1. The zero-order valence-corrected chi connectivity index (χ0v) is 19.5. The summed E-state index contributed by atoms with van der Waals surface area (Å²) in [6.45, 7) is 0.177. The molecule has 0 aromatic heterocycles. The van der Waals surface area contributed by atoms with Gasteiger partial charge in [-0.1, -0.05) is 6.07 Å². The third kappa shape index (κ3) is 3.62. The zero-order valence-electron chi connectivity index (χ0n) is 19.5. The van der Waals surface area contributed by atoms with Crippen molar-refractivity contribution in [2.24, 2.45) is 11.8 Å². The molecule has 0 saturated carbocycles. The summed E-state index contributed by atoms with van der Waals surface area (Å²) in [5.74, 6) is -1.64. The van der Waals surface area contributed by atoms with E-state index in [1.54, 1.807) is 18.2 Å². The average Bonchev–Trinajstić information content (AvgIpc) is 3.51. The first-order chi connectivity index (χ1) is 17.9. The summed E-state index contributed by atoms with van der Waals surface area (Å²) >= 11 is 0. The van der Waals surface area contributed by atoms with E-state index in [-0.39, 0.29) is 36.5 Å². The molecule has 4 atom stereocenters. The van der Waals surface area contributed by atoms with Crippen LogP contribution in [0.5, 0.6) is 28.7 Å². The van der Waals surface area contributed by atoms with Gasteiger partial charge in [0, 0.05) is 29.7 Å². The Morgan fingerprint density at radius 1 is 1.05 bits per heavy atom. The van der Waals surface area contributed by atoms with Gasteiger partial charge in [0.25, 0.3) is 5.69 Å². The van der Waals surface area contributed by atoms with Crippen LogP contribution in [-0.2, 0) is 9.53 Å². The first-order valence-corrected chi connectivity index (χ1v) is 11.6. The summed E-state index contributed by atoms with van der Waals surface area (Å²) in [7, 11) is 1.37. The molecular weight excluding hydrogens is 484 g/mol. The Bertz CT molecular complexity index is 1440. The van der Waals surface area contributed by atoms with Crippen molar-refractivity contribution in [2.75, 3.05) is 25.8 Å². The van der Waals surface area contributed by atoms with E-state index in [0.717, 1.165) is 11.1 Å². The number of anilines is 1. The van der Waals surface area contributed by atoms with Crippen molar-refractivity contribution in [2.45, 2.75) is 12.0 Å². The van der Waals surface area contributed by atoms with E-state index in [1.165, 1.54) is 25.3 Å². The average molecular weight is 506 g/mol. The molecule has 1 unspecified atom stereocenters. The number of nitrogens with zero attached hydrogens (tertiary/aromatic N) is 1. The molecule has 3 N–H and O–H groups in total. The predicted molar refractivity (Wildman–Crippen MR) is 128 cm³/mol. The smallest absolute Gasteiger partial charge is 0.310 e. The lowest BCUT2D eigenvalue weighted by Crippen LogP contribution is -2.37. The molecule has 3 aromatic rings. The number of phenols is 2. The van der Waals surface area contributed by atoms with Crippen molar-refractivity contribution in [1.29, 1.82) is 0 Å². The van der Waals surface area contributed by atoms with Gasteiger partial charge in [-0.15, -0.1) is 0 Å². The summed E-state index contributed by atoms with van der Waals surface area (Å²) < 4.78 is 22.0. The highest BCUT2D eigenvalue weighted by molar-refractivity contribution is 5.79. The minimum atomic E-state index is -0.655. The first-order valence-electron chi connectivity index (χ1n) is 11.6. The van der Waals surface area contributed by atoms with Crippen LogP contribution in [0.3, 0.4) is 0 Å². The van der Waals surface area contributed by atoms with Gasteiger partial charge >= 0.3 is 5.97 Å². The van der Waals surface area contributed by atoms with Gasteiger partial charge in [0.1, 0.15) is 0 Å². The van der Waals surface area contributed by atoms with E-state index in [2.05, 4.69) is 5.32 Å². The fourth-order valence-electron chi connectivity index (χ4n) is 5.59. The second kappa shape index (κ2) is 8.47. The highest BCUT2D eigenvalue weighted by atomic mass is 16.7. The van der Waals surface area contributed by atoms with Gasteiger partial charge in [0.2, 0.25) is 12.5 Å². The summed E-state index contributed by atoms with van der Waals surface area (Å²) in [5.41, 5.74) is 2.54. The summed E-state index contributed by atoms with van der Waals surface area (Å²) in [4.78, 5) is 24.0. The molecule has 0 bridgehead atoms. The number of hydrogen-bond acceptors (Lipinski definition) is 10. The number of esters is 1. The van der Waals surface area contributed by atoms with Crippen LogP contribution in [0.2, 0.25) is 0 Å². The number of benzene rings is 3. The van der Waals surface area contributed by atoms with Gasteiger partial charge in [-0.25, -0.2) is 0 Å². The van der Waals surface area contributed by atoms with Crippen LogP contribution in [0, 0.1) is 22.0 Å². The van der Waals surface area contributed by atoms with Crippen molar-refractivity contribution < 1.29 is 38.9 Å². The number of phenolic OH excluding ortho intramolecular Hbond substituents is 2. The van der Waals surface area contributed by atoms with Crippen LogP contribution in [0.4, 0.5) is 11.4 Å². The molecular formula is C26H22N2O9. The number of ether oxygens (including phenoxy) is 4. The van der Waals surface area contributed by atoms with Gasteiger partial charge in [0.05, 0.1) is 30.6 Å². The zero-order chi connectivity index (χ0) is 25.8. The predicted octanol–water partition coefficient (Wildman–Crippen LogP) is 3.83. The molecule has 0 spiro atoms.